The Morgan fingerprint density at radius 2 is 2.04 bits per heavy atom. The molecule has 0 aliphatic carbocycles. The Kier molecular flexibility index (Phi) is 5.56. The van der Waals surface area contributed by atoms with E-state index in [4.69, 9.17) is 16.3 Å². The third-order valence-electron chi connectivity index (χ3n) is 3.79. The number of rotatable bonds is 6. The highest BCUT2D eigenvalue weighted by Crippen LogP contribution is 2.18. The van der Waals surface area contributed by atoms with Crippen LogP contribution in [0.3, 0.4) is 0 Å². The zero-order chi connectivity index (χ0) is 19.4. The van der Waals surface area contributed by atoms with Gasteiger partial charge in [-0.15, -0.1) is 0 Å². The quantitative estimate of drug-likeness (QED) is 0.494. The van der Waals surface area contributed by atoms with Crippen molar-refractivity contribution in [1.29, 1.82) is 0 Å². The van der Waals surface area contributed by atoms with Gasteiger partial charge in [0.05, 0.1) is 18.5 Å². The van der Waals surface area contributed by atoms with E-state index in [1.165, 1.54) is 10.9 Å². The Bertz CT molecular complexity index is 956. The third kappa shape index (κ3) is 4.35. The molecule has 0 radical (unpaired) electrons. The van der Waals surface area contributed by atoms with E-state index in [2.05, 4.69) is 20.4 Å². The number of aromatic nitrogens is 4. The molecule has 0 unspecified atom stereocenters. The Hall–Kier alpha value is -3.13. The largest absolute Gasteiger partial charge is 0.508 e. The van der Waals surface area contributed by atoms with Crippen molar-refractivity contribution in [2.24, 2.45) is 0 Å². The van der Waals surface area contributed by atoms with Crippen LogP contribution in [0.2, 0.25) is 5.15 Å². The summed E-state index contributed by atoms with van der Waals surface area (Å²) >= 11 is 6.12. The molecule has 3 aromatic rings. The van der Waals surface area contributed by atoms with Crippen LogP contribution in [0.15, 0.2) is 36.5 Å². The first kappa shape index (κ1) is 18.7. The van der Waals surface area contributed by atoms with Gasteiger partial charge in [-0.2, -0.15) is 10.1 Å². The van der Waals surface area contributed by atoms with Crippen LogP contribution in [0.1, 0.15) is 28.5 Å². The fourth-order valence-electron chi connectivity index (χ4n) is 2.44. The van der Waals surface area contributed by atoms with Crippen molar-refractivity contribution in [3.8, 4) is 11.6 Å². The minimum Gasteiger partial charge on any atom is -0.508 e. The third-order valence-corrected chi connectivity index (χ3v) is 3.98. The lowest BCUT2D eigenvalue weighted by atomic mass is 10.2. The minimum atomic E-state index is -0.438. The van der Waals surface area contributed by atoms with Gasteiger partial charge in [0, 0.05) is 12.6 Å². The Labute approximate surface area is 160 Å². The molecule has 0 aliphatic heterocycles. The van der Waals surface area contributed by atoms with Crippen LogP contribution in [-0.4, -0.2) is 37.4 Å². The molecule has 0 saturated heterocycles. The monoisotopic (exact) mass is 387 g/mol. The molecular weight excluding hydrogens is 370 g/mol. The highest BCUT2D eigenvalue weighted by Gasteiger charge is 2.17. The summed E-state index contributed by atoms with van der Waals surface area (Å²) in [6.07, 6.45) is 1.44. The summed E-state index contributed by atoms with van der Waals surface area (Å²) in [5, 5.41) is 16.9. The smallest absolute Gasteiger partial charge is 0.341 e. The van der Waals surface area contributed by atoms with Crippen LogP contribution in [0, 0.1) is 6.92 Å². The fraction of sp³-hybridized carbons (Fsp3) is 0.222. The van der Waals surface area contributed by atoms with Crippen LogP contribution in [-0.2, 0) is 11.3 Å². The Morgan fingerprint density at radius 3 is 2.74 bits per heavy atom. The summed E-state index contributed by atoms with van der Waals surface area (Å²) in [5.74, 6) is 0.507. The number of nitrogens with one attached hydrogen (secondary N) is 1. The van der Waals surface area contributed by atoms with Gasteiger partial charge in [-0.3, -0.25) is 0 Å². The first-order valence-electron chi connectivity index (χ1n) is 8.26. The van der Waals surface area contributed by atoms with Gasteiger partial charge < -0.3 is 15.2 Å². The molecule has 0 atom stereocenters. The number of hydrogen-bond acceptors (Lipinski definition) is 7. The number of carbonyl (C=O) groups excluding carboxylic acids is 1. The summed E-state index contributed by atoms with van der Waals surface area (Å²) in [5.41, 5.74) is 1.90. The number of ether oxygens (including phenoxy) is 1. The van der Waals surface area contributed by atoms with Crippen LogP contribution in [0.4, 0.5) is 5.95 Å². The second-order valence-electron chi connectivity index (χ2n) is 5.67. The number of hydrogen-bond donors (Lipinski definition) is 2. The van der Waals surface area contributed by atoms with Gasteiger partial charge in [0.25, 0.3) is 0 Å². The van der Waals surface area contributed by atoms with Crippen molar-refractivity contribution in [1.82, 2.24) is 19.7 Å². The predicted octanol–water partition coefficient (Wildman–Crippen LogP) is 3.12. The lowest BCUT2D eigenvalue weighted by molar-refractivity contribution is 0.0525. The van der Waals surface area contributed by atoms with Crippen molar-refractivity contribution in [3.63, 3.8) is 0 Å². The van der Waals surface area contributed by atoms with Crippen molar-refractivity contribution >= 4 is 23.5 Å². The number of halogens is 1. The van der Waals surface area contributed by atoms with Crippen LogP contribution >= 0.6 is 11.6 Å². The lowest BCUT2D eigenvalue weighted by Gasteiger charge is -2.09. The zero-order valence-electron chi connectivity index (χ0n) is 14.8. The molecular formula is C18H18ClN5O3. The maximum Gasteiger partial charge on any atom is 0.341 e. The molecule has 1 aromatic carbocycles. The van der Waals surface area contributed by atoms with E-state index in [-0.39, 0.29) is 17.5 Å². The van der Waals surface area contributed by atoms with Crippen LogP contribution < -0.4 is 5.32 Å². The molecule has 0 spiro atoms. The Morgan fingerprint density at radius 1 is 1.30 bits per heavy atom. The van der Waals surface area contributed by atoms with Crippen LogP contribution in [0.5, 0.6) is 5.75 Å². The topological polar surface area (TPSA) is 102 Å². The first-order valence-corrected chi connectivity index (χ1v) is 8.64. The van der Waals surface area contributed by atoms with Gasteiger partial charge in [0.15, 0.2) is 5.82 Å². The molecule has 0 aliphatic rings. The number of phenolic OH excluding ortho intramolecular Hbond substituents is 1. The number of phenols is 1. The number of esters is 1. The maximum absolute atomic E-state index is 12.0. The summed E-state index contributed by atoms with van der Waals surface area (Å²) in [6.45, 7) is 4.23. The second kappa shape index (κ2) is 8.05. The SMILES string of the molecule is CCOC(=O)c1cnn(-c2cc(Cl)nc(NCc3ccc(O)cc3)n2)c1C. The molecule has 0 amide bonds. The highest BCUT2D eigenvalue weighted by atomic mass is 35.5. The van der Waals surface area contributed by atoms with Crippen molar-refractivity contribution in [3.05, 3.63) is 58.5 Å². The van der Waals surface area contributed by atoms with E-state index in [0.717, 1.165) is 5.56 Å². The lowest BCUT2D eigenvalue weighted by Crippen LogP contribution is -2.10. The molecule has 3 rings (SSSR count). The molecule has 27 heavy (non-hydrogen) atoms. The van der Waals surface area contributed by atoms with Gasteiger partial charge in [-0.1, -0.05) is 23.7 Å². The molecule has 8 nitrogen and oxygen atoms in total. The normalized spacial score (nSPS) is 10.6. The van der Waals surface area contributed by atoms with Gasteiger partial charge in [0.1, 0.15) is 16.5 Å². The van der Waals surface area contributed by atoms with E-state index in [0.29, 0.717) is 29.6 Å². The predicted molar refractivity (Wildman–Crippen MR) is 100 cm³/mol. The molecule has 2 heterocycles. The van der Waals surface area contributed by atoms with Gasteiger partial charge in [-0.25, -0.2) is 14.5 Å². The number of anilines is 1. The highest BCUT2D eigenvalue weighted by molar-refractivity contribution is 6.29. The molecule has 2 aromatic heterocycles. The second-order valence-corrected chi connectivity index (χ2v) is 6.06. The van der Waals surface area contributed by atoms with Crippen molar-refractivity contribution < 1.29 is 14.6 Å². The summed E-state index contributed by atoms with van der Waals surface area (Å²) in [7, 11) is 0. The maximum atomic E-state index is 12.0. The van der Waals surface area contributed by atoms with Gasteiger partial charge in [0.2, 0.25) is 5.95 Å². The number of benzene rings is 1. The van der Waals surface area contributed by atoms with Crippen LogP contribution in [0.25, 0.3) is 5.82 Å². The van der Waals surface area contributed by atoms with Gasteiger partial charge in [-0.05, 0) is 31.5 Å². The average Bonchev–Trinajstić information content (AvgIpc) is 3.02. The van der Waals surface area contributed by atoms with E-state index in [9.17, 15) is 9.90 Å². The van der Waals surface area contributed by atoms with E-state index < -0.39 is 5.97 Å². The van der Waals surface area contributed by atoms with E-state index in [1.54, 1.807) is 44.2 Å². The number of aromatic hydroxyl groups is 1. The molecule has 140 valence electrons. The molecule has 0 fully saturated rings. The number of nitrogens with zero attached hydrogens (tertiary/aromatic N) is 4. The zero-order valence-corrected chi connectivity index (χ0v) is 15.6. The average molecular weight is 388 g/mol. The molecule has 2 N–H and O–H groups in total. The van der Waals surface area contributed by atoms with Crippen molar-refractivity contribution in [2.75, 3.05) is 11.9 Å². The molecule has 0 bridgehead atoms. The fourth-order valence-corrected chi connectivity index (χ4v) is 2.62. The van der Waals surface area contributed by atoms with Gasteiger partial charge >= 0.3 is 5.97 Å². The molecule has 0 saturated carbocycles. The van der Waals surface area contributed by atoms with Crippen molar-refractivity contribution in [2.45, 2.75) is 20.4 Å². The Balaban J connectivity index is 1.83. The van der Waals surface area contributed by atoms with E-state index >= 15 is 0 Å². The summed E-state index contributed by atoms with van der Waals surface area (Å²) < 4.78 is 6.53. The minimum absolute atomic E-state index is 0.201. The first-order chi connectivity index (χ1) is 13.0. The van der Waals surface area contributed by atoms with E-state index in [1.807, 2.05) is 0 Å². The number of carbonyl (C=O) groups is 1. The molecule has 9 heteroatoms. The summed E-state index contributed by atoms with van der Waals surface area (Å²) in [4.78, 5) is 20.5. The summed E-state index contributed by atoms with van der Waals surface area (Å²) in [6, 6.07) is 8.34. The standard InChI is InChI=1S/C18H18ClN5O3/c1-3-27-17(26)14-10-21-24(11(14)2)16-8-15(19)22-18(23-16)20-9-12-4-6-13(25)7-5-12/h4-8,10,25H,3,9H2,1-2H3,(H,20,22,23).